The number of benzene rings is 1. The lowest BCUT2D eigenvalue weighted by atomic mass is 10.1. The zero-order valence-corrected chi connectivity index (χ0v) is 13.9. The van der Waals surface area contributed by atoms with Gasteiger partial charge in [0.05, 0.1) is 19.3 Å². The number of ether oxygens (including phenoxy) is 1. The number of para-hydroxylation sites is 1. The third-order valence-electron chi connectivity index (χ3n) is 3.51. The summed E-state index contributed by atoms with van der Waals surface area (Å²) >= 11 is 0. The Bertz CT molecular complexity index is 658. The molecule has 0 aliphatic carbocycles. The summed E-state index contributed by atoms with van der Waals surface area (Å²) in [4.78, 5) is 18.5. The van der Waals surface area contributed by atoms with Crippen LogP contribution in [-0.2, 0) is 17.8 Å². The molecule has 23 heavy (non-hydrogen) atoms. The quantitative estimate of drug-likeness (QED) is 0.854. The Morgan fingerprint density at radius 1 is 1.22 bits per heavy atom. The van der Waals surface area contributed by atoms with Crippen molar-refractivity contribution in [2.24, 2.45) is 0 Å². The van der Waals surface area contributed by atoms with Crippen LogP contribution in [0.4, 0.5) is 5.69 Å². The summed E-state index contributed by atoms with van der Waals surface area (Å²) in [6.45, 7) is 2.96. The van der Waals surface area contributed by atoms with Crippen molar-refractivity contribution >= 4 is 11.6 Å². The number of hydrogen-bond acceptors (Lipinski definition) is 4. The largest absolute Gasteiger partial charge is 0.481 e. The summed E-state index contributed by atoms with van der Waals surface area (Å²) in [5.74, 6) is 0.550. The number of pyridine rings is 1. The van der Waals surface area contributed by atoms with E-state index in [0.717, 1.165) is 23.4 Å². The van der Waals surface area contributed by atoms with Gasteiger partial charge in [-0.2, -0.15) is 0 Å². The topological polar surface area (TPSA) is 54.5 Å². The SMILES string of the molecule is CCc1ccccc1NC(=O)CN(C)Cc1cccc(OC)n1. The first-order valence-electron chi connectivity index (χ1n) is 7.68. The summed E-state index contributed by atoms with van der Waals surface area (Å²) < 4.78 is 5.11. The van der Waals surface area contributed by atoms with Crippen molar-refractivity contribution in [1.82, 2.24) is 9.88 Å². The number of nitrogens with one attached hydrogen (secondary N) is 1. The first-order valence-corrected chi connectivity index (χ1v) is 7.68. The molecule has 0 saturated carbocycles. The maximum atomic E-state index is 12.2. The maximum absolute atomic E-state index is 12.2. The lowest BCUT2D eigenvalue weighted by Gasteiger charge is -2.17. The molecule has 0 saturated heterocycles. The van der Waals surface area contributed by atoms with Gasteiger partial charge >= 0.3 is 0 Å². The summed E-state index contributed by atoms with van der Waals surface area (Å²) in [6, 6.07) is 13.5. The number of carbonyl (C=O) groups excluding carboxylic acids is 1. The van der Waals surface area contributed by atoms with Crippen molar-refractivity contribution in [1.29, 1.82) is 0 Å². The molecule has 1 aromatic carbocycles. The van der Waals surface area contributed by atoms with Gasteiger partial charge in [0, 0.05) is 18.3 Å². The molecule has 0 unspecified atom stereocenters. The van der Waals surface area contributed by atoms with Crippen LogP contribution in [0.15, 0.2) is 42.5 Å². The molecule has 1 amide bonds. The molecule has 1 aromatic heterocycles. The molecule has 0 atom stereocenters. The molecule has 2 aromatic rings. The second kappa shape index (κ2) is 8.29. The van der Waals surface area contributed by atoms with Crippen molar-refractivity contribution in [3.8, 4) is 5.88 Å². The monoisotopic (exact) mass is 313 g/mol. The molecule has 122 valence electrons. The zero-order chi connectivity index (χ0) is 16.7. The first-order chi connectivity index (χ1) is 11.1. The molecule has 0 aliphatic heterocycles. The van der Waals surface area contributed by atoms with E-state index in [4.69, 9.17) is 4.74 Å². The number of anilines is 1. The van der Waals surface area contributed by atoms with Crippen LogP contribution in [0.2, 0.25) is 0 Å². The molecule has 5 heteroatoms. The lowest BCUT2D eigenvalue weighted by Crippen LogP contribution is -2.30. The van der Waals surface area contributed by atoms with Crippen LogP contribution in [-0.4, -0.2) is 36.5 Å². The average molecular weight is 313 g/mol. The van der Waals surface area contributed by atoms with Crippen LogP contribution in [0.25, 0.3) is 0 Å². The number of aryl methyl sites for hydroxylation is 1. The molecule has 0 radical (unpaired) electrons. The van der Waals surface area contributed by atoms with E-state index in [1.54, 1.807) is 13.2 Å². The van der Waals surface area contributed by atoms with Gasteiger partial charge < -0.3 is 10.1 Å². The van der Waals surface area contributed by atoms with Gasteiger partial charge in [-0.05, 0) is 31.2 Å². The second-order valence-electron chi connectivity index (χ2n) is 5.40. The van der Waals surface area contributed by atoms with Crippen LogP contribution >= 0.6 is 0 Å². The van der Waals surface area contributed by atoms with E-state index in [-0.39, 0.29) is 5.91 Å². The van der Waals surface area contributed by atoms with Crippen molar-refractivity contribution in [2.45, 2.75) is 19.9 Å². The Hall–Kier alpha value is -2.40. The van der Waals surface area contributed by atoms with E-state index in [1.807, 2.05) is 48.3 Å². The van der Waals surface area contributed by atoms with Crippen molar-refractivity contribution in [3.05, 3.63) is 53.7 Å². The molecule has 2 rings (SSSR count). The van der Waals surface area contributed by atoms with Crippen molar-refractivity contribution < 1.29 is 9.53 Å². The predicted molar refractivity (Wildman–Crippen MR) is 91.6 cm³/mol. The number of carbonyl (C=O) groups is 1. The van der Waals surface area contributed by atoms with Crippen molar-refractivity contribution in [3.63, 3.8) is 0 Å². The minimum Gasteiger partial charge on any atom is -0.481 e. The highest BCUT2D eigenvalue weighted by Crippen LogP contribution is 2.15. The Balaban J connectivity index is 1.91. The Kier molecular flexibility index (Phi) is 6.11. The average Bonchev–Trinajstić information content (AvgIpc) is 2.55. The van der Waals surface area contributed by atoms with Gasteiger partial charge in [0.1, 0.15) is 0 Å². The van der Waals surface area contributed by atoms with Gasteiger partial charge in [0.25, 0.3) is 0 Å². The molecule has 0 aliphatic rings. The number of hydrogen-bond donors (Lipinski definition) is 1. The standard InChI is InChI=1S/C18H23N3O2/c1-4-14-8-5-6-10-16(14)20-17(22)13-21(2)12-15-9-7-11-18(19-15)23-3/h5-11H,4,12-13H2,1-3H3,(H,20,22). The van der Waals surface area contributed by atoms with E-state index in [9.17, 15) is 4.79 Å². The fourth-order valence-corrected chi connectivity index (χ4v) is 2.38. The number of amides is 1. The highest BCUT2D eigenvalue weighted by Gasteiger charge is 2.10. The van der Waals surface area contributed by atoms with Gasteiger partial charge in [-0.3, -0.25) is 9.69 Å². The van der Waals surface area contributed by atoms with E-state index in [0.29, 0.717) is 19.0 Å². The molecule has 0 bridgehead atoms. The maximum Gasteiger partial charge on any atom is 0.238 e. The highest BCUT2D eigenvalue weighted by molar-refractivity contribution is 5.92. The molecule has 0 fully saturated rings. The zero-order valence-electron chi connectivity index (χ0n) is 13.9. The minimum atomic E-state index is -0.0312. The van der Waals surface area contributed by atoms with E-state index in [2.05, 4.69) is 17.2 Å². The fourth-order valence-electron chi connectivity index (χ4n) is 2.38. The molecule has 1 N–H and O–H groups in total. The highest BCUT2D eigenvalue weighted by atomic mass is 16.5. The number of methoxy groups -OCH3 is 1. The number of nitrogens with zero attached hydrogens (tertiary/aromatic N) is 2. The number of rotatable bonds is 7. The van der Waals surface area contributed by atoms with Crippen LogP contribution in [0.5, 0.6) is 5.88 Å². The molecular weight excluding hydrogens is 290 g/mol. The number of likely N-dealkylation sites (N-methyl/N-ethyl adjacent to an activating group) is 1. The third-order valence-corrected chi connectivity index (χ3v) is 3.51. The second-order valence-corrected chi connectivity index (χ2v) is 5.40. The summed E-state index contributed by atoms with van der Waals surface area (Å²) in [5, 5.41) is 2.97. The Morgan fingerprint density at radius 2 is 2.00 bits per heavy atom. The van der Waals surface area contributed by atoms with E-state index < -0.39 is 0 Å². The van der Waals surface area contributed by atoms with Gasteiger partial charge in [-0.1, -0.05) is 31.2 Å². The van der Waals surface area contributed by atoms with E-state index >= 15 is 0 Å². The summed E-state index contributed by atoms with van der Waals surface area (Å²) in [6.07, 6.45) is 0.889. The molecule has 1 heterocycles. The van der Waals surface area contributed by atoms with Crippen LogP contribution in [0, 0.1) is 0 Å². The Morgan fingerprint density at radius 3 is 2.74 bits per heavy atom. The fraction of sp³-hybridized carbons (Fsp3) is 0.333. The Labute approximate surface area is 137 Å². The predicted octanol–water partition coefficient (Wildman–Crippen LogP) is 2.72. The van der Waals surface area contributed by atoms with Crippen LogP contribution in [0.3, 0.4) is 0 Å². The molecule has 5 nitrogen and oxygen atoms in total. The van der Waals surface area contributed by atoms with Crippen LogP contribution in [0.1, 0.15) is 18.2 Å². The van der Waals surface area contributed by atoms with Gasteiger partial charge in [0.2, 0.25) is 11.8 Å². The first kappa shape index (κ1) is 17.0. The molecular formula is C18H23N3O2. The number of aromatic nitrogens is 1. The van der Waals surface area contributed by atoms with Gasteiger partial charge in [-0.15, -0.1) is 0 Å². The summed E-state index contributed by atoms with van der Waals surface area (Å²) in [7, 11) is 3.49. The molecule has 0 spiro atoms. The van der Waals surface area contributed by atoms with Gasteiger partial charge in [-0.25, -0.2) is 4.98 Å². The summed E-state index contributed by atoms with van der Waals surface area (Å²) in [5.41, 5.74) is 2.89. The smallest absolute Gasteiger partial charge is 0.238 e. The minimum absolute atomic E-state index is 0.0312. The normalized spacial score (nSPS) is 10.6. The van der Waals surface area contributed by atoms with Crippen LogP contribution < -0.4 is 10.1 Å². The van der Waals surface area contributed by atoms with E-state index in [1.165, 1.54) is 0 Å². The third kappa shape index (κ3) is 5.07. The van der Waals surface area contributed by atoms with Crippen molar-refractivity contribution in [2.75, 3.05) is 26.0 Å². The van der Waals surface area contributed by atoms with Gasteiger partial charge in [0.15, 0.2) is 0 Å². The lowest BCUT2D eigenvalue weighted by molar-refractivity contribution is -0.117.